The van der Waals surface area contributed by atoms with E-state index >= 15 is 0 Å². The van der Waals surface area contributed by atoms with Crippen molar-refractivity contribution in [3.8, 4) is 16.9 Å². The Balaban J connectivity index is 2.25. The van der Waals surface area contributed by atoms with Crippen molar-refractivity contribution in [3.05, 3.63) is 54.1 Å². The van der Waals surface area contributed by atoms with Gasteiger partial charge in [0.15, 0.2) is 0 Å². The minimum Gasteiger partial charge on any atom is -0.428 e. The van der Waals surface area contributed by atoms with Crippen LogP contribution in [0.4, 0.5) is 4.79 Å². The zero-order valence-corrected chi connectivity index (χ0v) is 12.8. The van der Waals surface area contributed by atoms with Crippen molar-refractivity contribution < 1.29 is 14.3 Å². The number of aryl methyl sites for hydroxylation is 1. The lowest BCUT2D eigenvalue weighted by atomic mass is 10.0. The van der Waals surface area contributed by atoms with Crippen molar-refractivity contribution in [3.63, 3.8) is 0 Å². The zero-order chi connectivity index (χ0) is 15.5. The Morgan fingerprint density at radius 1 is 0.952 bits per heavy atom. The van der Waals surface area contributed by atoms with Crippen molar-refractivity contribution in [1.82, 2.24) is 0 Å². The molecule has 0 aromatic heterocycles. The highest BCUT2D eigenvalue weighted by molar-refractivity contribution is 5.74. The summed E-state index contributed by atoms with van der Waals surface area (Å²) < 4.78 is 10.5. The first-order valence-electron chi connectivity index (χ1n) is 6.92. The van der Waals surface area contributed by atoms with Crippen LogP contribution in [0.3, 0.4) is 0 Å². The largest absolute Gasteiger partial charge is 0.514 e. The summed E-state index contributed by atoms with van der Waals surface area (Å²) in [7, 11) is 0. The number of para-hydroxylation sites is 1. The van der Waals surface area contributed by atoms with E-state index in [1.807, 2.05) is 49.4 Å². The molecule has 0 saturated carbocycles. The highest BCUT2D eigenvalue weighted by atomic mass is 16.7. The first-order chi connectivity index (χ1) is 9.85. The van der Waals surface area contributed by atoms with E-state index in [0.29, 0.717) is 5.75 Å². The summed E-state index contributed by atoms with van der Waals surface area (Å²) in [5.74, 6) is 0.496. The van der Waals surface area contributed by atoms with Crippen LogP contribution in [-0.4, -0.2) is 11.8 Å². The normalized spacial score (nSPS) is 11.0. The van der Waals surface area contributed by atoms with Gasteiger partial charge in [0.2, 0.25) is 0 Å². The fourth-order valence-corrected chi connectivity index (χ4v) is 1.89. The third-order valence-electron chi connectivity index (χ3n) is 2.83. The lowest BCUT2D eigenvalue weighted by molar-refractivity contribution is 0.0207. The quantitative estimate of drug-likeness (QED) is 0.576. The van der Waals surface area contributed by atoms with Crippen LogP contribution in [0.2, 0.25) is 0 Å². The Morgan fingerprint density at radius 2 is 1.57 bits per heavy atom. The van der Waals surface area contributed by atoms with Gasteiger partial charge in [0.1, 0.15) is 11.4 Å². The maximum Gasteiger partial charge on any atom is 0.514 e. The van der Waals surface area contributed by atoms with Gasteiger partial charge in [0.05, 0.1) is 0 Å². The van der Waals surface area contributed by atoms with Gasteiger partial charge in [-0.05, 0) is 39.3 Å². The fraction of sp³-hybridized carbons (Fsp3) is 0.278. The minimum atomic E-state index is -0.693. The summed E-state index contributed by atoms with van der Waals surface area (Å²) in [5.41, 5.74) is 2.48. The molecule has 0 unspecified atom stereocenters. The van der Waals surface area contributed by atoms with Gasteiger partial charge in [0, 0.05) is 5.56 Å². The molecule has 0 spiro atoms. The van der Waals surface area contributed by atoms with Gasteiger partial charge in [-0.15, -0.1) is 0 Å². The topological polar surface area (TPSA) is 35.5 Å². The van der Waals surface area contributed by atoms with Gasteiger partial charge < -0.3 is 9.47 Å². The molecule has 3 heteroatoms. The van der Waals surface area contributed by atoms with Gasteiger partial charge in [-0.1, -0.05) is 48.0 Å². The van der Waals surface area contributed by atoms with Crippen molar-refractivity contribution in [2.24, 2.45) is 0 Å². The second kappa shape index (κ2) is 6.00. The monoisotopic (exact) mass is 284 g/mol. The van der Waals surface area contributed by atoms with E-state index in [1.165, 1.54) is 5.56 Å². The van der Waals surface area contributed by atoms with E-state index in [4.69, 9.17) is 9.47 Å². The summed E-state index contributed by atoms with van der Waals surface area (Å²) >= 11 is 0. The Morgan fingerprint density at radius 3 is 2.19 bits per heavy atom. The van der Waals surface area contributed by atoms with Gasteiger partial charge >= 0.3 is 6.16 Å². The summed E-state index contributed by atoms with van der Waals surface area (Å²) in [6.07, 6.45) is -0.693. The molecule has 21 heavy (non-hydrogen) atoms. The molecule has 0 bridgehead atoms. The number of ether oxygens (including phenoxy) is 2. The van der Waals surface area contributed by atoms with Crippen LogP contribution in [0.15, 0.2) is 48.5 Å². The number of hydrogen-bond donors (Lipinski definition) is 0. The third-order valence-corrected chi connectivity index (χ3v) is 2.83. The average Bonchev–Trinajstić information content (AvgIpc) is 2.38. The van der Waals surface area contributed by atoms with E-state index in [-0.39, 0.29) is 0 Å². The predicted octanol–water partition coefficient (Wildman–Crippen LogP) is 4.98. The molecule has 0 saturated heterocycles. The highest BCUT2D eigenvalue weighted by Gasteiger charge is 2.19. The number of rotatable bonds is 2. The van der Waals surface area contributed by atoms with Crippen molar-refractivity contribution in [2.75, 3.05) is 0 Å². The first kappa shape index (κ1) is 15.1. The molecule has 0 fully saturated rings. The summed E-state index contributed by atoms with van der Waals surface area (Å²) in [4.78, 5) is 11.8. The molecule has 0 aliphatic heterocycles. The maximum absolute atomic E-state index is 11.8. The summed E-state index contributed by atoms with van der Waals surface area (Å²) in [5, 5.41) is 0. The van der Waals surface area contributed by atoms with E-state index in [1.54, 1.807) is 26.8 Å². The van der Waals surface area contributed by atoms with Crippen LogP contribution in [0.1, 0.15) is 26.3 Å². The molecule has 0 atom stereocenters. The SMILES string of the molecule is Cc1ccc(-c2ccccc2OC(=O)OC(C)(C)C)cc1. The molecule has 0 radical (unpaired) electrons. The molecule has 0 aliphatic carbocycles. The smallest absolute Gasteiger partial charge is 0.428 e. The maximum atomic E-state index is 11.8. The molecular weight excluding hydrogens is 264 g/mol. The van der Waals surface area contributed by atoms with E-state index < -0.39 is 11.8 Å². The van der Waals surface area contributed by atoms with Crippen LogP contribution in [-0.2, 0) is 4.74 Å². The van der Waals surface area contributed by atoms with Crippen LogP contribution < -0.4 is 4.74 Å². The second-order valence-electron chi connectivity index (χ2n) is 5.93. The van der Waals surface area contributed by atoms with Gasteiger partial charge in [0.25, 0.3) is 0 Å². The molecule has 110 valence electrons. The van der Waals surface area contributed by atoms with E-state index in [0.717, 1.165) is 11.1 Å². The third kappa shape index (κ3) is 4.35. The Kier molecular flexibility index (Phi) is 4.32. The van der Waals surface area contributed by atoms with Crippen LogP contribution in [0.5, 0.6) is 5.75 Å². The summed E-state index contributed by atoms with van der Waals surface area (Å²) in [6.45, 7) is 7.45. The van der Waals surface area contributed by atoms with Crippen LogP contribution in [0.25, 0.3) is 11.1 Å². The fourth-order valence-electron chi connectivity index (χ4n) is 1.89. The van der Waals surface area contributed by atoms with Gasteiger partial charge in [-0.3, -0.25) is 0 Å². The number of benzene rings is 2. The standard InChI is InChI=1S/C18H20O3/c1-13-9-11-14(12-10-13)15-7-5-6-8-16(15)20-17(19)21-18(2,3)4/h5-12H,1-4H3. The van der Waals surface area contributed by atoms with Crippen LogP contribution >= 0.6 is 0 Å². The summed E-state index contributed by atoms with van der Waals surface area (Å²) in [6, 6.07) is 15.5. The molecular formula is C18H20O3. The molecule has 0 N–H and O–H groups in total. The predicted molar refractivity (Wildman–Crippen MR) is 83.5 cm³/mol. The first-order valence-corrected chi connectivity index (χ1v) is 6.92. The van der Waals surface area contributed by atoms with Crippen molar-refractivity contribution in [2.45, 2.75) is 33.3 Å². The van der Waals surface area contributed by atoms with Gasteiger partial charge in [-0.2, -0.15) is 0 Å². The Hall–Kier alpha value is -2.29. The van der Waals surface area contributed by atoms with Crippen molar-refractivity contribution >= 4 is 6.16 Å². The molecule has 2 aromatic carbocycles. The Labute approximate surface area is 125 Å². The molecule has 2 aromatic rings. The molecule has 0 amide bonds. The number of hydrogen-bond acceptors (Lipinski definition) is 3. The second-order valence-corrected chi connectivity index (χ2v) is 5.93. The van der Waals surface area contributed by atoms with Crippen LogP contribution in [0, 0.1) is 6.92 Å². The lowest BCUT2D eigenvalue weighted by Crippen LogP contribution is -2.26. The van der Waals surface area contributed by atoms with E-state index in [9.17, 15) is 4.79 Å². The number of carbonyl (C=O) groups excluding carboxylic acids is 1. The lowest BCUT2D eigenvalue weighted by Gasteiger charge is -2.19. The number of carbonyl (C=O) groups is 1. The van der Waals surface area contributed by atoms with Gasteiger partial charge in [-0.25, -0.2) is 4.79 Å². The molecule has 0 aliphatic rings. The minimum absolute atomic E-state index is 0.496. The zero-order valence-electron chi connectivity index (χ0n) is 12.8. The molecule has 2 rings (SSSR count). The highest BCUT2D eigenvalue weighted by Crippen LogP contribution is 2.30. The average molecular weight is 284 g/mol. The molecule has 0 heterocycles. The van der Waals surface area contributed by atoms with E-state index in [2.05, 4.69) is 0 Å². The molecule has 3 nitrogen and oxygen atoms in total. The Bertz CT molecular complexity index is 622. The van der Waals surface area contributed by atoms with Crippen molar-refractivity contribution in [1.29, 1.82) is 0 Å².